The van der Waals surface area contributed by atoms with E-state index in [0.717, 1.165) is 5.56 Å². The molecule has 0 atom stereocenters. The highest BCUT2D eigenvalue weighted by Crippen LogP contribution is 2.13. The molecule has 0 aromatic heterocycles. The molecule has 0 unspecified atom stereocenters. The van der Waals surface area contributed by atoms with Crippen LogP contribution in [0.15, 0.2) is 24.3 Å². The molecule has 0 amide bonds. The first-order chi connectivity index (χ1) is 6.88. The van der Waals surface area contributed by atoms with Gasteiger partial charge in [-0.15, -0.1) is 0 Å². The summed E-state index contributed by atoms with van der Waals surface area (Å²) < 4.78 is 5.56. The van der Waals surface area contributed by atoms with Crippen LogP contribution in [-0.4, -0.2) is 16.7 Å². The highest BCUT2D eigenvalue weighted by molar-refractivity contribution is 5.87. The van der Waals surface area contributed by atoms with Crippen molar-refractivity contribution in [2.45, 2.75) is 33.0 Å². The van der Waals surface area contributed by atoms with E-state index in [4.69, 9.17) is 9.84 Å². The van der Waals surface area contributed by atoms with Crippen molar-refractivity contribution in [1.29, 1.82) is 0 Å². The molecule has 3 heteroatoms. The van der Waals surface area contributed by atoms with E-state index in [-0.39, 0.29) is 5.60 Å². The number of benzene rings is 1. The predicted molar refractivity (Wildman–Crippen MR) is 57.9 cm³/mol. The molecular weight excluding hydrogens is 192 g/mol. The topological polar surface area (TPSA) is 46.5 Å². The van der Waals surface area contributed by atoms with Crippen LogP contribution in [0, 0.1) is 0 Å². The molecule has 0 heterocycles. The Morgan fingerprint density at radius 2 is 2.07 bits per heavy atom. The molecule has 0 spiro atoms. The lowest BCUT2D eigenvalue weighted by Crippen LogP contribution is -2.18. The van der Waals surface area contributed by atoms with Crippen LogP contribution in [0.5, 0.6) is 0 Å². The largest absolute Gasteiger partial charge is 0.478 e. The summed E-state index contributed by atoms with van der Waals surface area (Å²) >= 11 is 0. The third kappa shape index (κ3) is 4.13. The van der Waals surface area contributed by atoms with E-state index in [0.29, 0.717) is 12.2 Å². The second kappa shape index (κ2) is 4.45. The fourth-order valence-corrected chi connectivity index (χ4v) is 1.09. The van der Waals surface area contributed by atoms with Crippen molar-refractivity contribution in [3.05, 3.63) is 35.4 Å². The number of carbonyl (C=O) groups is 1. The minimum atomic E-state index is -0.910. The Hall–Kier alpha value is -1.35. The van der Waals surface area contributed by atoms with E-state index < -0.39 is 5.97 Å². The van der Waals surface area contributed by atoms with Gasteiger partial charge in [-0.05, 0) is 38.5 Å². The number of ether oxygens (including phenoxy) is 1. The van der Waals surface area contributed by atoms with Crippen molar-refractivity contribution in [3.63, 3.8) is 0 Å². The Bertz CT molecular complexity index is 350. The Balaban J connectivity index is 2.70. The van der Waals surface area contributed by atoms with Crippen LogP contribution in [0.4, 0.5) is 0 Å². The molecule has 3 nitrogen and oxygen atoms in total. The summed E-state index contributed by atoms with van der Waals surface area (Å²) in [5.41, 5.74) is 0.967. The van der Waals surface area contributed by atoms with Gasteiger partial charge in [0.25, 0.3) is 0 Å². The van der Waals surface area contributed by atoms with Crippen LogP contribution < -0.4 is 0 Å². The predicted octanol–water partition coefficient (Wildman–Crippen LogP) is 2.70. The number of carboxylic acid groups (broad SMARTS) is 1. The van der Waals surface area contributed by atoms with Gasteiger partial charge < -0.3 is 9.84 Å². The minimum absolute atomic E-state index is 0.209. The first kappa shape index (κ1) is 11.7. The minimum Gasteiger partial charge on any atom is -0.478 e. The van der Waals surface area contributed by atoms with Gasteiger partial charge in [0, 0.05) is 0 Å². The molecule has 0 aliphatic rings. The average Bonchev–Trinajstić information content (AvgIpc) is 2.14. The monoisotopic (exact) mass is 208 g/mol. The van der Waals surface area contributed by atoms with Gasteiger partial charge in [0.1, 0.15) is 0 Å². The van der Waals surface area contributed by atoms with Gasteiger partial charge in [0.05, 0.1) is 17.8 Å². The first-order valence-corrected chi connectivity index (χ1v) is 4.85. The third-order valence-electron chi connectivity index (χ3n) is 1.85. The molecule has 0 aliphatic heterocycles. The van der Waals surface area contributed by atoms with Crippen molar-refractivity contribution in [3.8, 4) is 0 Å². The van der Waals surface area contributed by atoms with Crippen molar-refractivity contribution in [2.75, 3.05) is 0 Å². The van der Waals surface area contributed by atoms with E-state index >= 15 is 0 Å². The first-order valence-electron chi connectivity index (χ1n) is 4.85. The summed E-state index contributed by atoms with van der Waals surface area (Å²) in [5.74, 6) is -0.910. The molecule has 0 saturated carbocycles. The Kier molecular flexibility index (Phi) is 3.48. The van der Waals surface area contributed by atoms with Gasteiger partial charge >= 0.3 is 5.97 Å². The fourth-order valence-electron chi connectivity index (χ4n) is 1.09. The number of carboxylic acids is 1. The Morgan fingerprint density at radius 3 is 2.60 bits per heavy atom. The average molecular weight is 208 g/mol. The van der Waals surface area contributed by atoms with Gasteiger partial charge in [0.15, 0.2) is 0 Å². The molecule has 15 heavy (non-hydrogen) atoms. The van der Waals surface area contributed by atoms with Crippen molar-refractivity contribution in [1.82, 2.24) is 0 Å². The molecule has 1 N–H and O–H groups in total. The van der Waals surface area contributed by atoms with Crippen LogP contribution in [0.2, 0.25) is 0 Å². The summed E-state index contributed by atoms with van der Waals surface area (Å²) in [5, 5.41) is 8.80. The van der Waals surface area contributed by atoms with Gasteiger partial charge in [-0.3, -0.25) is 0 Å². The van der Waals surface area contributed by atoms with Gasteiger partial charge in [-0.1, -0.05) is 12.1 Å². The maximum absolute atomic E-state index is 10.7. The molecule has 1 rings (SSSR count). The quantitative estimate of drug-likeness (QED) is 0.830. The van der Waals surface area contributed by atoms with Crippen LogP contribution in [-0.2, 0) is 11.3 Å². The molecule has 0 bridgehead atoms. The zero-order valence-corrected chi connectivity index (χ0v) is 9.28. The number of hydrogen-bond acceptors (Lipinski definition) is 2. The van der Waals surface area contributed by atoms with E-state index in [2.05, 4.69) is 0 Å². The molecule has 1 aromatic rings. The van der Waals surface area contributed by atoms with Gasteiger partial charge in [0.2, 0.25) is 0 Å². The second-order valence-corrected chi connectivity index (χ2v) is 4.41. The molecule has 0 saturated heterocycles. The lowest BCUT2D eigenvalue weighted by atomic mass is 10.1. The maximum atomic E-state index is 10.7. The van der Waals surface area contributed by atoms with Gasteiger partial charge in [-0.2, -0.15) is 0 Å². The lowest BCUT2D eigenvalue weighted by Gasteiger charge is -2.19. The number of hydrogen-bond donors (Lipinski definition) is 1. The third-order valence-corrected chi connectivity index (χ3v) is 1.85. The lowest BCUT2D eigenvalue weighted by molar-refractivity contribution is -0.0149. The van der Waals surface area contributed by atoms with Crippen LogP contribution >= 0.6 is 0 Å². The Labute approximate surface area is 89.7 Å². The normalized spacial score (nSPS) is 11.4. The number of aromatic carboxylic acids is 1. The summed E-state index contributed by atoms with van der Waals surface area (Å²) in [7, 11) is 0. The molecule has 82 valence electrons. The standard InChI is InChI=1S/C12H16O3/c1-12(2,3)15-8-9-5-4-6-10(7-9)11(13)14/h4-7H,8H2,1-3H3,(H,13,14). The maximum Gasteiger partial charge on any atom is 0.335 e. The van der Waals surface area contributed by atoms with Gasteiger partial charge in [-0.25, -0.2) is 4.79 Å². The second-order valence-electron chi connectivity index (χ2n) is 4.41. The Morgan fingerprint density at radius 1 is 1.40 bits per heavy atom. The van der Waals surface area contributed by atoms with E-state index in [9.17, 15) is 4.79 Å². The fraction of sp³-hybridized carbons (Fsp3) is 0.417. The molecule has 0 aliphatic carbocycles. The van der Waals surface area contributed by atoms with E-state index in [1.165, 1.54) is 0 Å². The SMILES string of the molecule is CC(C)(C)OCc1cccc(C(=O)O)c1. The highest BCUT2D eigenvalue weighted by Gasteiger charge is 2.10. The molecule has 0 radical (unpaired) electrons. The van der Waals surface area contributed by atoms with E-state index in [1.807, 2.05) is 26.8 Å². The van der Waals surface area contributed by atoms with Crippen molar-refractivity contribution >= 4 is 5.97 Å². The van der Waals surface area contributed by atoms with Crippen LogP contribution in [0.1, 0.15) is 36.7 Å². The highest BCUT2D eigenvalue weighted by atomic mass is 16.5. The molecular formula is C12H16O3. The molecule has 1 aromatic carbocycles. The van der Waals surface area contributed by atoms with Crippen molar-refractivity contribution < 1.29 is 14.6 Å². The zero-order chi connectivity index (χ0) is 11.5. The summed E-state index contributed by atoms with van der Waals surface area (Å²) in [6.07, 6.45) is 0. The van der Waals surface area contributed by atoms with Crippen LogP contribution in [0.3, 0.4) is 0 Å². The summed E-state index contributed by atoms with van der Waals surface area (Å²) in [6, 6.07) is 6.79. The summed E-state index contributed by atoms with van der Waals surface area (Å²) in [4.78, 5) is 10.7. The smallest absolute Gasteiger partial charge is 0.335 e. The van der Waals surface area contributed by atoms with Crippen molar-refractivity contribution in [2.24, 2.45) is 0 Å². The zero-order valence-electron chi connectivity index (χ0n) is 9.28. The van der Waals surface area contributed by atoms with E-state index in [1.54, 1.807) is 18.2 Å². The summed E-state index contributed by atoms with van der Waals surface area (Å²) in [6.45, 7) is 6.33. The number of rotatable bonds is 3. The van der Waals surface area contributed by atoms with Crippen LogP contribution in [0.25, 0.3) is 0 Å². The molecule has 0 fully saturated rings.